The largest absolute Gasteiger partial charge is 0.458 e. The van der Waals surface area contributed by atoms with E-state index in [1.165, 1.54) is 56.2 Å². The van der Waals surface area contributed by atoms with E-state index in [2.05, 4.69) is 43.0 Å². The molecule has 0 aromatic heterocycles. The minimum Gasteiger partial charge on any atom is -0.458 e. The summed E-state index contributed by atoms with van der Waals surface area (Å²) in [5.74, 6) is 2.07. The molecule has 4 fully saturated rings. The highest BCUT2D eigenvalue weighted by molar-refractivity contribution is 5.87. The lowest BCUT2D eigenvalue weighted by molar-refractivity contribution is -0.134. The van der Waals surface area contributed by atoms with E-state index >= 15 is 0 Å². The van der Waals surface area contributed by atoms with Crippen molar-refractivity contribution in [3.05, 3.63) is 34.9 Å². The molecule has 4 aliphatic carbocycles. The molecule has 6 rings (SSSR count). The molecule has 178 valence electrons. The summed E-state index contributed by atoms with van der Waals surface area (Å²) in [6, 6.07) is 0. The standard InChI is InChI=1S/C28H39N3O2/c1-27-10-8-21(29-31-14-12-30(3)13-15-31)17-20(27)4-5-22-24-7-6-23(19-16-26(32)33-18-19)28(24,2)11-9-25(22)27/h6-7,16,20,22,25H,4-5,8-15,17-18H2,1-3H3/b29-21+/t20-,22-,25+,27+,28-/m1/s1. The number of piperazine rings is 1. The van der Waals surface area contributed by atoms with Gasteiger partial charge in [0.15, 0.2) is 0 Å². The Morgan fingerprint density at radius 2 is 1.88 bits per heavy atom. The van der Waals surface area contributed by atoms with Crippen LogP contribution in [0.2, 0.25) is 0 Å². The molecule has 2 heterocycles. The van der Waals surface area contributed by atoms with Gasteiger partial charge in [-0.15, -0.1) is 0 Å². The van der Waals surface area contributed by atoms with Gasteiger partial charge in [0.25, 0.3) is 0 Å². The maximum Gasteiger partial charge on any atom is 0.331 e. The summed E-state index contributed by atoms with van der Waals surface area (Å²) < 4.78 is 5.25. The van der Waals surface area contributed by atoms with Crippen LogP contribution in [0.25, 0.3) is 0 Å². The number of esters is 1. The molecule has 33 heavy (non-hydrogen) atoms. The summed E-state index contributed by atoms with van der Waals surface area (Å²) in [4.78, 5) is 14.1. The maximum absolute atomic E-state index is 11.7. The van der Waals surface area contributed by atoms with Crippen LogP contribution in [-0.4, -0.2) is 61.4 Å². The van der Waals surface area contributed by atoms with Gasteiger partial charge in [0.2, 0.25) is 0 Å². The summed E-state index contributed by atoms with van der Waals surface area (Å²) >= 11 is 0. The van der Waals surface area contributed by atoms with Crippen molar-refractivity contribution in [3.8, 4) is 0 Å². The van der Waals surface area contributed by atoms with Crippen molar-refractivity contribution in [2.75, 3.05) is 39.8 Å². The Morgan fingerprint density at radius 1 is 1.06 bits per heavy atom. The van der Waals surface area contributed by atoms with E-state index < -0.39 is 0 Å². The predicted molar refractivity (Wildman–Crippen MR) is 131 cm³/mol. The average molecular weight is 450 g/mol. The fraction of sp³-hybridized carbons (Fsp3) is 0.714. The number of fused-ring (bicyclic) bond motifs is 5. The Kier molecular flexibility index (Phi) is 5.13. The fourth-order valence-corrected chi connectivity index (χ4v) is 8.23. The van der Waals surface area contributed by atoms with Crippen LogP contribution in [0.1, 0.15) is 58.8 Å². The van der Waals surface area contributed by atoms with Crippen molar-refractivity contribution >= 4 is 11.7 Å². The number of carbonyl (C=O) groups excluding carboxylic acids is 1. The Balaban J connectivity index is 1.18. The SMILES string of the molecule is CN1CCN(/N=C2\CC[C@@]3(C)[C@H](CC[C@@H]4C5=CC=C(C6=CC(=O)OC6)[C@@]5(C)CC[C@@H]43)C2)CC1. The zero-order valence-corrected chi connectivity index (χ0v) is 20.6. The van der Waals surface area contributed by atoms with E-state index in [-0.39, 0.29) is 11.4 Å². The van der Waals surface area contributed by atoms with E-state index in [0.29, 0.717) is 17.9 Å². The lowest BCUT2D eigenvalue weighted by atomic mass is 9.46. The Labute approximate surface area is 198 Å². The molecular formula is C28H39N3O2. The Bertz CT molecular complexity index is 970. The summed E-state index contributed by atoms with van der Waals surface area (Å²) in [6.45, 7) is 9.88. The van der Waals surface area contributed by atoms with Gasteiger partial charge in [0, 0.05) is 49.0 Å². The molecule has 5 heteroatoms. The summed E-state index contributed by atoms with van der Waals surface area (Å²) in [5, 5.41) is 7.47. The van der Waals surface area contributed by atoms with Gasteiger partial charge in [-0.3, -0.25) is 5.01 Å². The van der Waals surface area contributed by atoms with Gasteiger partial charge in [-0.1, -0.05) is 31.6 Å². The molecular weight excluding hydrogens is 410 g/mol. The molecule has 5 atom stereocenters. The molecule has 0 amide bonds. The molecule has 0 unspecified atom stereocenters. The molecule has 3 saturated carbocycles. The Hall–Kier alpha value is -1.88. The molecule has 0 aromatic carbocycles. The first kappa shape index (κ1) is 21.6. The van der Waals surface area contributed by atoms with Crippen molar-refractivity contribution in [2.45, 2.75) is 58.8 Å². The van der Waals surface area contributed by atoms with E-state index in [1.807, 2.05) is 0 Å². The third kappa shape index (κ3) is 3.45. The average Bonchev–Trinajstić information content (AvgIpc) is 3.38. The molecule has 6 aliphatic rings. The van der Waals surface area contributed by atoms with Gasteiger partial charge < -0.3 is 9.64 Å². The number of likely N-dealkylation sites (N-methyl/N-ethyl adjacent to an activating group) is 1. The van der Waals surface area contributed by atoms with E-state index in [9.17, 15) is 4.79 Å². The van der Waals surface area contributed by atoms with Crippen molar-refractivity contribution in [2.24, 2.45) is 33.7 Å². The van der Waals surface area contributed by atoms with E-state index in [0.717, 1.165) is 43.6 Å². The van der Waals surface area contributed by atoms with E-state index in [1.54, 1.807) is 11.6 Å². The number of hydrazone groups is 1. The van der Waals surface area contributed by atoms with Crippen LogP contribution in [0.15, 0.2) is 40.0 Å². The van der Waals surface area contributed by atoms with Gasteiger partial charge in [-0.2, -0.15) is 5.10 Å². The number of ether oxygens (including phenoxy) is 1. The highest BCUT2D eigenvalue weighted by atomic mass is 16.5. The molecule has 0 radical (unpaired) electrons. The molecule has 0 N–H and O–H groups in total. The van der Waals surface area contributed by atoms with Gasteiger partial charge in [-0.05, 0) is 80.7 Å². The van der Waals surface area contributed by atoms with Crippen molar-refractivity contribution in [1.29, 1.82) is 0 Å². The smallest absolute Gasteiger partial charge is 0.331 e. The van der Waals surface area contributed by atoms with Crippen molar-refractivity contribution in [3.63, 3.8) is 0 Å². The van der Waals surface area contributed by atoms with Crippen LogP contribution < -0.4 is 0 Å². The molecule has 0 aromatic rings. The molecule has 1 saturated heterocycles. The van der Waals surface area contributed by atoms with Gasteiger partial charge in [0.1, 0.15) is 6.61 Å². The number of carbonyl (C=O) groups is 1. The first-order chi connectivity index (χ1) is 15.9. The fourth-order valence-electron chi connectivity index (χ4n) is 8.23. The summed E-state index contributed by atoms with van der Waals surface area (Å²) in [7, 11) is 2.21. The highest BCUT2D eigenvalue weighted by Crippen LogP contribution is 2.65. The number of hydrogen-bond donors (Lipinski definition) is 0. The molecule has 0 bridgehead atoms. The number of cyclic esters (lactones) is 1. The summed E-state index contributed by atoms with van der Waals surface area (Å²) in [5.41, 5.74) is 6.08. The minimum absolute atomic E-state index is 0.0902. The lowest BCUT2D eigenvalue weighted by Gasteiger charge is -2.59. The number of rotatable bonds is 2. The van der Waals surface area contributed by atoms with Crippen molar-refractivity contribution in [1.82, 2.24) is 9.91 Å². The quantitative estimate of drug-likeness (QED) is 0.579. The maximum atomic E-state index is 11.7. The normalized spacial score (nSPS) is 42.2. The zero-order valence-electron chi connectivity index (χ0n) is 20.6. The van der Waals surface area contributed by atoms with Crippen molar-refractivity contribution < 1.29 is 9.53 Å². The monoisotopic (exact) mass is 449 g/mol. The topological polar surface area (TPSA) is 45.1 Å². The number of allylic oxidation sites excluding steroid dienone is 3. The van der Waals surface area contributed by atoms with Crippen LogP contribution in [0.3, 0.4) is 0 Å². The molecule has 2 aliphatic heterocycles. The molecule has 5 nitrogen and oxygen atoms in total. The van der Waals surface area contributed by atoms with Crippen LogP contribution in [0.5, 0.6) is 0 Å². The Morgan fingerprint density at radius 3 is 2.64 bits per heavy atom. The third-order valence-corrected chi connectivity index (χ3v) is 10.3. The molecule has 0 spiro atoms. The first-order valence-corrected chi connectivity index (χ1v) is 13.2. The van der Waals surface area contributed by atoms with Crippen LogP contribution in [-0.2, 0) is 9.53 Å². The van der Waals surface area contributed by atoms with E-state index in [4.69, 9.17) is 9.84 Å². The second-order valence-electron chi connectivity index (χ2n) is 12.0. The van der Waals surface area contributed by atoms with Gasteiger partial charge in [0.05, 0.1) is 0 Å². The minimum atomic E-state index is -0.180. The van der Waals surface area contributed by atoms with Gasteiger partial charge >= 0.3 is 5.97 Å². The summed E-state index contributed by atoms with van der Waals surface area (Å²) in [6.07, 6.45) is 15.3. The number of nitrogens with zero attached hydrogens (tertiary/aromatic N) is 3. The third-order valence-electron chi connectivity index (χ3n) is 10.3. The highest BCUT2D eigenvalue weighted by Gasteiger charge is 2.56. The van der Waals surface area contributed by atoms with Gasteiger partial charge in [-0.25, -0.2) is 4.79 Å². The zero-order chi connectivity index (χ0) is 22.8. The van der Waals surface area contributed by atoms with Crippen LogP contribution in [0.4, 0.5) is 0 Å². The van der Waals surface area contributed by atoms with Crippen LogP contribution >= 0.6 is 0 Å². The second kappa shape index (κ2) is 7.83. The number of hydrogen-bond acceptors (Lipinski definition) is 5. The first-order valence-electron chi connectivity index (χ1n) is 13.2. The second-order valence-corrected chi connectivity index (χ2v) is 12.0. The lowest BCUT2D eigenvalue weighted by Crippen LogP contribution is -2.51. The van der Waals surface area contributed by atoms with Crippen LogP contribution in [0, 0.1) is 28.6 Å². The predicted octanol–water partition coefficient (Wildman–Crippen LogP) is 4.57.